The normalized spacial score (nSPS) is 17.4. The van der Waals surface area contributed by atoms with Gasteiger partial charge in [-0.3, -0.25) is 4.99 Å². The van der Waals surface area contributed by atoms with Crippen molar-refractivity contribution in [2.75, 3.05) is 19.6 Å². The van der Waals surface area contributed by atoms with E-state index in [2.05, 4.69) is 10.6 Å². The summed E-state index contributed by atoms with van der Waals surface area (Å²) in [6.45, 7) is 2.63. The molecule has 6 heteroatoms. The van der Waals surface area contributed by atoms with Gasteiger partial charge in [0.2, 0.25) is 0 Å². The van der Waals surface area contributed by atoms with Crippen LogP contribution in [0, 0.1) is 11.6 Å². The lowest BCUT2D eigenvalue weighted by Crippen LogP contribution is -2.38. The van der Waals surface area contributed by atoms with Crippen LogP contribution in [-0.4, -0.2) is 25.6 Å². The van der Waals surface area contributed by atoms with E-state index < -0.39 is 0 Å². The Morgan fingerprint density at radius 3 is 1.85 bits per heavy atom. The van der Waals surface area contributed by atoms with Gasteiger partial charge in [0.05, 0.1) is 0 Å². The SMILES string of the molecule is Cl.Fc1ccc(C(CCCN/C2=N\CCCCCCCCCCN2)c2ccc(F)cc2)cc1. The lowest BCUT2D eigenvalue weighted by molar-refractivity contribution is 0.571. The number of hydrogen-bond donors (Lipinski definition) is 2. The van der Waals surface area contributed by atoms with E-state index >= 15 is 0 Å². The van der Waals surface area contributed by atoms with Crippen molar-refractivity contribution in [3.05, 3.63) is 71.3 Å². The Hall–Kier alpha value is -2.14. The van der Waals surface area contributed by atoms with Gasteiger partial charge in [0.15, 0.2) is 5.96 Å². The molecule has 0 aromatic heterocycles. The number of nitrogens with one attached hydrogen (secondary N) is 2. The van der Waals surface area contributed by atoms with Gasteiger partial charge >= 0.3 is 0 Å². The van der Waals surface area contributed by atoms with E-state index in [1.807, 2.05) is 24.3 Å². The second-order valence-electron chi connectivity index (χ2n) is 8.71. The molecule has 0 unspecified atom stereocenters. The molecule has 0 amide bonds. The number of aliphatic imine (C=N–C) groups is 1. The molecule has 3 rings (SSSR count). The fourth-order valence-corrected chi connectivity index (χ4v) is 4.30. The van der Waals surface area contributed by atoms with E-state index in [0.29, 0.717) is 0 Å². The van der Waals surface area contributed by atoms with Crippen LogP contribution in [0.2, 0.25) is 0 Å². The standard InChI is InChI=1S/C27H37F2N3.ClH/c28-24-15-11-22(12-16-24)26(23-13-17-25(29)18-14-23)10-9-21-32-27-30-19-7-5-3-1-2-4-6-8-20-31-27;/h11-18,26H,1-10,19-21H2,(H2,30,31,32);1H. The summed E-state index contributed by atoms with van der Waals surface area (Å²) in [6.07, 6.45) is 12.0. The van der Waals surface area contributed by atoms with Gasteiger partial charge in [-0.15, -0.1) is 12.4 Å². The molecule has 2 aromatic carbocycles. The topological polar surface area (TPSA) is 36.4 Å². The Morgan fingerprint density at radius 2 is 1.27 bits per heavy atom. The zero-order valence-electron chi connectivity index (χ0n) is 19.5. The molecule has 0 atom stereocenters. The van der Waals surface area contributed by atoms with Crippen LogP contribution in [0.4, 0.5) is 8.78 Å². The van der Waals surface area contributed by atoms with Gasteiger partial charge in [-0.1, -0.05) is 62.8 Å². The van der Waals surface area contributed by atoms with Crippen LogP contribution in [0.5, 0.6) is 0 Å². The Labute approximate surface area is 203 Å². The van der Waals surface area contributed by atoms with Gasteiger partial charge < -0.3 is 10.6 Å². The van der Waals surface area contributed by atoms with Crippen molar-refractivity contribution in [1.29, 1.82) is 0 Å². The summed E-state index contributed by atoms with van der Waals surface area (Å²) >= 11 is 0. The van der Waals surface area contributed by atoms with E-state index in [1.54, 1.807) is 0 Å². The predicted octanol–water partition coefficient (Wildman–Crippen LogP) is 6.97. The molecule has 0 bridgehead atoms. The molecular formula is C27H38ClF2N3. The lowest BCUT2D eigenvalue weighted by atomic mass is 9.87. The highest BCUT2D eigenvalue weighted by atomic mass is 35.5. The summed E-state index contributed by atoms with van der Waals surface area (Å²) in [4.78, 5) is 4.75. The van der Waals surface area contributed by atoms with Crippen molar-refractivity contribution in [3.63, 3.8) is 0 Å². The number of guanidine groups is 1. The fraction of sp³-hybridized carbons (Fsp3) is 0.519. The zero-order chi connectivity index (χ0) is 22.4. The molecule has 2 aromatic rings. The van der Waals surface area contributed by atoms with E-state index in [9.17, 15) is 8.78 Å². The van der Waals surface area contributed by atoms with Gasteiger partial charge in [0, 0.05) is 25.6 Å². The Balaban J connectivity index is 0.00000385. The quantitative estimate of drug-likeness (QED) is 0.441. The van der Waals surface area contributed by atoms with Crippen LogP contribution in [-0.2, 0) is 0 Å². The first kappa shape index (κ1) is 27.1. The van der Waals surface area contributed by atoms with Crippen molar-refractivity contribution >= 4 is 18.4 Å². The number of halogens is 3. The molecule has 33 heavy (non-hydrogen) atoms. The molecule has 0 saturated carbocycles. The van der Waals surface area contributed by atoms with Gasteiger partial charge in [-0.2, -0.15) is 0 Å². The smallest absolute Gasteiger partial charge is 0.191 e. The predicted molar refractivity (Wildman–Crippen MR) is 136 cm³/mol. The van der Waals surface area contributed by atoms with Gasteiger partial charge in [0.1, 0.15) is 11.6 Å². The van der Waals surface area contributed by atoms with E-state index in [4.69, 9.17) is 4.99 Å². The van der Waals surface area contributed by atoms with Crippen LogP contribution in [0.3, 0.4) is 0 Å². The molecule has 3 nitrogen and oxygen atoms in total. The molecule has 2 N–H and O–H groups in total. The largest absolute Gasteiger partial charge is 0.356 e. The molecule has 0 radical (unpaired) electrons. The van der Waals surface area contributed by atoms with Crippen LogP contribution in [0.25, 0.3) is 0 Å². The third-order valence-electron chi connectivity index (χ3n) is 6.15. The number of nitrogens with zero attached hydrogens (tertiary/aromatic N) is 1. The zero-order valence-corrected chi connectivity index (χ0v) is 20.3. The third kappa shape index (κ3) is 10.1. The minimum Gasteiger partial charge on any atom is -0.356 e. The first-order chi connectivity index (χ1) is 15.7. The van der Waals surface area contributed by atoms with Crippen molar-refractivity contribution in [2.45, 2.75) is 70.1 Å². The molecule has 1 aliphatic rings. The summed E-state index contributed by atoms with van der Waals surface area (Å²) in [5.41, 5.74) is 2.10. The van der Waals surface area contributed by atoms with Crippen LogP contribution in [0.1, 0.15) is 81.3 Å². The summed E-state index contributed by atoms with van der Waals surface area (Å²) < 4.78 is 26.8. The minimum atomic E-state index is -0.240. The maximum absolute atomic E-state index is 13.4. The summed E-state index contributed by atoms with van der Waals surface area (Å²) in [6, 6.07) is 13.3. The number of hydrogen-bond acceptors (Lipinski definition) is 3. The van der Waals surface area contributed by atoms with E-state index in [-0.39, 0.29) is 30.0 Å². The van der Waals surface area contributed by atoms with Crippen LogP contribution in [0.15, 0.2) is 53.5 Å². The second kappa shape index (κ2) is 15.7. The van der Waals surface area contributed by atoms with E-state index in [0.717, 1.165) is 56.0 Å². The summed E-state index contributed by atoms with van der Waals surface area (Å²) in [5.74, 6) is 0.531. The maximum atomic E-state index is 13.4. The van der Waals surface area contributed by atoms with Crippen LogP contribution < -0.4 is 10.6 Å². The van der Waals surface area contributed by atoms with Gasteiger partial charge in [-0.25, -0.2) is 8.78 Å². The summed E-state index contributed by atoms with van der Waals surface area (Å²) in [5, 5.41) is 6.96. The molecule has 0 aliphatic carbocycles. The van der Waals surface area contributed by atoms with Crippen LogP contribution >= 0.6 is 12.4 Å². The lowest BCUT2D eigenvalue weighted by Gasteiger charge is -2.19. The highest BCUT2D eigenvalue weighted by Crippen LogP contribution is 2.29. The molecule has 1 heterocycles. The van der Waals surface area contributed by atoms with E-state index in [1.165, 1.54) is 69.2 Å². The molecule has 182 valence electrons. The molecule has 1 aliphatic heterocycles. The minimum absolute atomic E-state index is 0. The van der Waals surface area contributed by atoms with Crippen molar-refractivity contribution in [3.8, 4) is 0 Å². The van der Waals surface area contributed by atoms with Crippen molar-refractivity contribution in [2.24, 2.45) is 4.99 Å². The monoisotopic (exact) mass is 477 g/mol. The Kier molecular flexibility index (Phi) is 12.9. The molecular weight excluding hydrogens is 440 g/mol. The number of rotatable bonds is 6. The first-order valence-electron chi connectivity index (χ1n) is 12.3. The average molecular weight is 478 g/mol. The Bertz CT molecular complexity index is 764. The van der Waals surface area contributed by atoms with Gasteiger partial charge in [-0.05, 0) is 61.1 Å². The summed E-state index contributed by atoms with van der Waals surface area (Å²) in [7, 11) is 0. The maximum Gasteiger partial charge on any atom is 0.191 e. The highest BCUT2D eigenvalue weighted by Gasteiger charge is 2.14. The van der Waals surface area contributed by atoms with Crippen molar-refractivity contribution < 1.29 is 8.78 Å². The second-order valence-corrected chi connectivity index (χ2v) is 8.71. The average Bonchev–Trinajstić information content (AvgIpc) is 2.83. The highest BCUT2D eigenvalue weighted by molar-refractivity contribution is 5.85. The fourth-order valence-electron chi connectivity index (χ4n) is 4.30. The van der Waals surface area contributed by atoms with Crippen molar-refractivity contribution in [1.82, 2.24) is 10.6 Å². The number of benzene rings is 2. The molecule has 0 spiro atoms. The first-order valence-corrected chi connectivity index (χ1v) is 12.3. The molecule has 0 saturated heterocycles. The third-order valence-corrected chi connectivity index (χ3v) is 6.15. The Morgan fingerprint density at radius 1 is 0.758 bits per heavy atom. The van der Waals surface area contributed by atoms with Gasteiger partial charge in [0.25, 0.3) is 0 Å². The molecule has 0 fully saturated rings.